The van der Waals surface area contributed by atoms with E-state index in [4.69, 9.17) is 4.74 Å². The number of likely N-dealkylation sites (tertiary alicyclic amines) is 1. The molecule has 19 heavy (non-hydrogen) atoms. The molecule has 1 aromatic rings. The molecule has 2 fully saturated rings. The number of nitrogens with zero attached hydrogens (tertiary/aromatic N) is 1. The van der Waals surface area contributed by atoms with Crippen LogP contribution >= 0.6 is 0 Å². The van der Waals surface area contributed by atoms with Crippen molar-refractivity contribution in [1.29, 1.82) is 0 Å². The standard InChI is InChI=1S/C16H24N2O/c1-12(15-5-3-4-6-16(15)19-2)17-13-9-10-18(11-13)14-7-8-14/h3-6,12-14,17H,7-11H2,1-2H3/t12-,13?/m1/s1. The number of methoxy groups -OCH3 is 1. The van der Waals surface area contributed by atoms with Crippen LogP contribution in [-0.4, -0.2) is 37.2 Å². The van der Waals surface area contributed by atoms with E-state index in [9.17, 15) is 0 Å². The Labute approximate surface area is 115 Å². The summed E-state index contributed by atoms with van der Waals surface area (Å²) >= 11 is 0. The summed E-state index contributed by atoms with van der Waals surface area (Å²) in [5.41, 5.74) is 1.26. The van der Waals surface area contributed by atoms with Crippen molar-refractivity contribution in [1.82, 2.24) is 10.2 Å². The quantitative estimate of drug-likeness (QED) is 0.880. The Bertz CT molecular complexity index is 431. The van der Waals surface area contributed by atoms with Crippen molar-refractivity contribution >= 4 is 0 Å². The first-order chi connectivity index (χ1) is 9.28. The number of nitrogens with one attached hydrogen (secondary N) is 1. The fraction of sp³-hybridized carbons (Fsp3) is 0.625. The average molecular weight is 260 g/mol. The van der Waals surface area contributed by atoms with E-state index >= 15 is 0 Å². The van der Waals surface area contributed by atoms with Gasteiger partial charge in [0.25, 0.3) is 0 Å². The Hall–Kier alpha value is -1.06. The second kappa shape index (κ2) is 5.51. The van der Waals surface area contributed by atoms with Gasteiger partial charge in [-0.2, -0.15) is 0 Å². The third-order valence-corrected chi connectivity index (χ3v) is 4.37. The Morgan fingerprint density at radius 1 is 1.26 bits per heavy atom. The van der Waals surface area contributed by atoms with Crippen molar-refractivity contribution in [3.63, 3.8) is 0 Å². The first-order valence-corrected chi connectivity index (χ1v) is 7.41. The normalized spacial score (nSPS) is 25.5. The van der Waals surface area contributed by atoms with Gasteiger partial charge < -0.3 is 10.1 Å². The summed E-state index contributed by atoms with van der Waals surface area (Å²) in [7, 11) is 1.75. The van der Waals surface area contributed by atoms with Gasteiger partial charge in [-0.15, -0.1) is 0 Å². The van der Waals surface area contributed by atoms with Gasteiger partial charge in [-0.05, 0) is 32.3 Å². The van der Waals surface area contributed by atoms with Gasteiger partial charge >= 0.3 is 0 Å². The molecule has 104 valence electrons. The highest BCUT2D eigenvalue weighted by atomic mass is 16.5. The lowest BCUT2D eigenvalue weighted by Crippen LogP contribution is -2.35. The van der Waals surface area contributed by atoms with Crippen LogP contribution in [0.25, 0.3) is 0 Å². The van der Waals surface area contributed by atoms with Gasteiger partial charge in [0.05, 0.1) is 7.11 Å². The Balaban J connectivity index is 1.60. The molecule has 2 aliphatic rings. The minimum absolute atomic E-state index is 0.348. The highest BCUT2D eigenvalue weighted by Crippen LogP contribution is 2.31. The van der Waals surface area contributed by atoms with Crippen molar-refractivity contribution in [2.24, 2.45) is 0 Å². The molecular formula is C16H24N2O. The van der Waals surface area contributed by atoms with E-state index in [-0.39, 0.29) is 0 Å². The molecule has 0 aromatic heterocycles. The highest BCUT2D eigenvalue weighted by Gasteiger charge is 2.34. The Morgan fingerprint density at radius 3 is 2.79 bits per heavy atom. The Kier molecular flexibility index (Phi) is 3.76. The summed E-state index contributed by atoms with van der Waals surface area (Å²) in [6.07, 6.45) is 4.10. The summed E-state index contributed by atoms with van der Waals surface area (Å²) in [4.78, 5) is 2.65. The Morgan fingerprint density at radius 2 is 2.05 bits per heavy atom. The second-order valence-electron chi connectivity index (χ2n) is 5.84. The van der Waals surface area contributed by atoms with Crippen LogP contribution in [0.1, 0.15) is 37.8 Å². The molecule has 1 aliphatic heterocycles. The van der Waals surface area contributed by atoms with Crippen LogP contribution in [0.5, 0.6) is 5.75 Å². The van der Waals surface area contributed by atoms with E-state index in [1.807, 2.05) is 12.1 Å². The molecule has 1 N–H and O–H groups in total. The smallest absolute Gasteiger partial charge is 0.123 e. The predicted molar refractivity (Wildman–Crippen MR) is 77.5 cm³/mol. The molecule has 1 aliphatic carbocycles. The van der Waals surface area contributed by atoms with Crippen LogP contribution < -0.4 is 10.1 Å². The zero-order valence-corrected chi connectivity index (χ0v) is 11.9. The van der Waals surface area contributed by atoms with Gasteiger partial charge in [0.1, 0.15) is 5.75 Å². The average Bonchev–Trinajstić information content (AvgIpc) is 3.19. The number of benzene rings is 1. The molecule has 1 saturated carbocycles. The molecule has 2 atom stereocenters. The topological polar surface area (TPSA) is 24.5 Å². The van der Waals surface area contributed by atoms with Crippen LogP contribution in [0.4, 0.5) is 0 Å². The van der Waals surface area contributed by atoms with Gasteiger partial charge in [0.15, 0.2) is 0 Å². The van der Waals surface area contributed by atoms with E-state index in [0.29, 0.717) is 12.1 Å². The van der Waals surface area contributed by atoms with E-state index in [1.165, 1.54) is 37.9 Å². The lowest BCUT2D eigenvalue weighted by Gasteiger charge is -2.22. The van der Waals surface area contributed by atoms with Gasteiger partial charge in [0, 0.05) is 36.8 Å². The van der Waals surface area contributed by atoms with Gasteiger partial charge in [-0.1, -0.05) is 18.2 Å². The third-order valence-electron chi connectivity index (χ3n) is 4.37. The summed E-state index contributed by atoms with van der Waals surface area (Å²) in [6.45, 7) is 4.71. The lowest BCUT2D eigenvalue weighted by molar-refractivity contribution is 0.313. The number of rotatable bonds is 5. The first kappa shape index (κ1) is 12.9. The highest BCUT2D eigenvalue weighted by molar-refractivity contribution is 5.35. The van der Waals surface area contributed by atoms with Crippen molar-refractivity contribution in [3.05, 3.63) is 29.8 Å². The van der Waals surface area contributed by atoms with E-state index in [1.54, 1.807) is 7.11 Å². The van der Waals surface area contributed by atoms with E-state index < -0.39 is 0 Å². The molecule has 1 aromatic carbocycles. The number of hydrogen-bond acceptors (Lipinski definition) is 3. The largest absolute Gasteiger partial charge is 0.496 e. The second-order valence-corrected chi connectivity index (χ2v) is 5.84. The van der Waals surface area contributed by atoms with Crippen LogP contribution in [0.2, 0.25) is 0 Å². The van der Waals surface area contributed by atoms with Gasteiger partial charge in [-0.25, -0.2) is 0 Å². The maximum Gasteiger partial charge on any atom is 0.123 e. The number of ether oxygens (including phenoxy) is 1. The minimum Gasteiger partial charge on any atom is -0.496 e. The van der Waals surface area contributed by atoms with Gasteiger partial charge in [-0.3, -0.25) is 4.90 Å². The molecule has 3 heteroatoms. The van der Waals surface area contributed by atoms with E-state index in [0.717, 1.165) is 11.8 Å². The molecule has 1 unspecified atom stereocenters. The summed E-state index contributed by atoms with van der Waals surface area (Å²) in [5, 5.41) is 3.76. The molecular weight excluding hydrogens is 236 g/mol. The molecule has 3 nitrogen and oxygen atoms in total. The summed E-state index contributed by atoms with van der Waals surface area (Å²) < 4.78 is 5.45. The van der Waals surface area contributed by atoms with Crippen molar-refractivity contribution < 1.29 is 4.74 Å². The van der Waals surface area contributed by atoms with E-state index in [2.05, 4.69) is 29.3 Å². The molecule has 1 heterocycles. The first-order valence-electron chi connectivity index (χ1n) is 7.41. The van der Waals surface area contributed by atoms with Crippen molar-refractivity contribution in [2.75, 3.05) is 20.2 Å². The van der Waals surface area contributed by atoms with Crippen molar-refractivity contribution in [3.8, 4) is 5.75 Å². The van der Waals surface area contributed by atoms with Crippen molar-refractivity contribution in [2.45, 2.75) is 44.3 Å². The third kappa shape index (κ3) is 2.93. The number of para-hydroxylation sites is 1. The van der Waals surface area contributed by atoms with Gasteiger partial charge in [0.2, 0.25) is 0 Å². The molecule has 3 rings (SSSR count). The fourth-order valence-corrected chi connectivity index (χ4v) is 3.16. The molecule has 0 bridgehead atoms. The monoisotopic (exact) mass is 260 g/mol. The predicted octanol–water partition coefficient (Wildman–Crippen LogP) is 2.58. The molecule has 0 spiro atoms. The van der Waals surface area contributed by atoms with Crippen LogP contribution in [0, 0.1) is 0 Å². The fourth-order valence-electron chi connectivity index (χ4n) is 3.16. The minimum atomic E-state index is 0.348. The summed E-state index contributed by atoms with van der Waals surface area (Å²) in [6, 6.07) is 10.2. The lowest BCUT2D eigenvalue weighted by atomic mass is 10.1. The molecule has 0 radical (unpaired) electrons. The molecule has 0 amide bonds. The van der Waals surface area contributed by atoms with Crippen LogP contribution in [-0.2, 0) is 0 Å². The zero-order chi connectivity index (χ0) is 13.2. The zero-order valence-electron chi connectivity index (χ0n) is 11.9. The van der Waals surface area contributed by atoms with Crippen LogP contribution in [0.3, 0.4) is 0 Å². The van der Waals surface area contributed by atoms with Crippen LogP contribution in [0.15, 0.2) is 24.3 Å². The summed E-state index contributed by atoms with van der Waals surface area (Å²) in [5.74, 6) is 0.986. The maximum atomic E-state index is 5.45. The SMILES string of the molecule is COc1ccccc1[C@@H](C)NC1CCN(C2CC2)C1. The number of hydrogen-bond donors (Lipinski definition) is 1. The molecule has 1 saturated heterocycles. The maximum absolute atomic E-state index is 5.45.